The lowest BCUT2D eigenvalue weighted by molar-refractivity contribution is 0.00589. The summed E-state index contributed by atoms with van der Waals surface area (Å²) in [4.78, 5) is 12.3. The van der Waals surface area contributed by atoms with Gasteiger partial charge >= 0.3 is 0 Å². The summed E-state index contributed by atoms with van der Waals surface area (Å²) in [5, 5.41) is 17.2. The van der Waals surface area contributed by atoms with Crippen LogP contribution in [0.1, 0.15) is 43.2 Å². The molecule has 1 heterocycles. The second-order valence-electron chi connectivity index (χ2n) is 5.44. The Kier molecular flexibility index (Phi) is 5.16. The van der Waals surface area contributed by atoms with Gasteiger partial charge in [0.05, 0.1) is 18.4 Å². The smallest absolute Gasteiger partial charge is 0.258 e. The van der Waals surface area contributed by atoms with E-state index in [-0.39, 0.29) is 18.4 Å². The summed E-state index contributed by atoms with van der Waals surface area (Å²) in [6.07, 6.45) is 0.845. The predicted molar refractivity (Wildman–Crippen MR) is 76.9 cm³/mol. The lowest BCUT2D eigenvalue weighted by atomic mass is 9.88. The minimum absolute atomic E-state index is 0.0969. The number of nitrogens with one attached hydrogen (secondary N) is 1. The average Bonchev–Trinajstić information content (AvgIpc) is 2.68. The van der Waals surface area contributed by atoms with Crippen LogP contribution in [0.25, 0.3) is 0 Å². The molecule has 0 radical (unpaired) electrons. The van der Waals surface area contributed by atoms with Gasteiger partial charge in [-0.1, -0.05) is 20.3 Å². The van der Waals surface area contributed by atoms with Crippen LogP contribution >= 0.6 is 0 Å². The van der Waals surface area contributed by atoms with Crippen LogP contribution in [0.5, 0.6) is 5.88 Å². The Balaban J connectivity index is 2.83. The molecule has 0 aliphatic carbocycles. The normalized spacial score (nSPS) is 15.6. The molecular weight excluding hydrogens is 258 g/mol. The van der Waals surface area contributed by atoms with Gasteiger partial charge in [-0.15, -0.1) is 0 Å². The molecule has 6 nitrogen and oxygen atoms in total. The van der Waals surface area contributed by atoms with Crippen molar-refractivity contribution in [2.45, 2.75) is 39.7 Å². The number of aryl methyl sites for hydroxylation is 2. The van der Waals surface area contributed by atoms with E-state index in [0.717, 1.165) is 6.42 Å². The number of rotatable bonds is 6. The number of carbonyl (C=O) groups excluding carboxylic acids is 1. The van der Waals surface area contributed by atoms with Crippen LogP contribution in [0.15, 0.2) is 0 Å². The highest BCUT2D eigenvalue weighted by Crippen LogP contribution is 2.22. The Bertz CT molecular complexity index is 480. The molecule has 1 aromatic rings. The molecule has 0 aliphatic rings. The largest absolute Gasteiger partial charge is 0.481 e. The van der Waals surface area contributed by atoms with Crippen molar-refractivity contribution in [3.8, 4) is 5.88 Å². The molecule has 0 aromatic carbocycles. The maximum Gasteiger partial charge on any atom is 0.258 e. The molecule has 0 aliphatic heterocycles. The van der Waals surface area contributed by atoms with Crippen molar-refractivity contribution in [1.29, 1.82) is 0 Å². The van der Waals surface area contributed by atoms with Crippen LogP contribution in [-0.2, 0) is 7.05 Å². The van der Waals surface area contributed by atoms with Crippen LogP contribution in [0.2, 0.25) is 0 Å². The van der Waals surface area contributed by atoms with Crippen molar-refractivity contribution < 1.29 is 14.6 Å². The highest BCUT2D eigenvalue weighted by Gasteiger charge is 2.29. The first-order chi connectivity index (χ1) is 9.24. The Morgan fingerprint density at radius 3 is 2.70 bits per heavy atom. The van der Waals surface area contributed by atoms with E-state index in [1.54, 1.807) is 20.9 Å². The van der Waals surface area contributed by atoms with Crippen LogP contribution in [-0.4, -0.2) is 40.0 Å². The minimum Gasteiger partial charge on any atom is -0.481 e. The zero-order chi connectivity index (χ0) is 15.5. The number of methoxy groups -OCH3 is 1. The third-order valence-electron chi connectivity index (χ3n) is 3.87. The maximum absolute atomic E-state index is 12.3. The molecule has 1 rings (SSSR count). The molecule has 6 heteroatoms. The van der Waals surface area contributed by atoms with Gasteiger partial charge in [0.15, 0.2) is 0 Å². The lowest BCUT2D eigenvalue weighted by Gasteiger charge is -2.29. The van der Waals surface area contributed by atoms with Gasteiger partial charge in [0.1, 0.15) is 5.56 Å². The Labute approximate surface area is 120 Å². The highest BCUT2D eigenvalue weighted by molar-refractivity contribution is 5.97. The fourth-order valence-electron chi connectivity index (χ4n) is 2.09. The number of carbonyl (C=O) groups is 1. The molecule has 0 saturated carbocycles. The lowest BCUT2D eigenvalue weighted by Crippen LogP contribution is -2.45. The Morgan fingerprint density at radius 2 is 2.20 bits per heavy atom. The first-order valence-electron chi connectivity index (χ1n) is 6.82. The summed E-state index contributed by atoms with van der Waals surface area (Å²) in [6, 6.07) is 0. The molecule has 2 N–H and O–H groups in total. The SMILES string of the molecule is CCC(C)C(C)(O)CNC(=O)c1c(C)nn(C)c1OC. The van der Waals surface area contributed by atoms with Gasteiger partial charge in [0.25, 0.3) is 5.91 Å². The third kappa shape index (κ3) is 3.30. The Hall–Kier alpha value is -1.56. The summed E-state index contributed by atoms with van der Waals surface area (Å²) < 4.78 is 6.72. The standard InChI is InChI=1S/C14H25N3O3/c1-7-9(2)14(4,19)8-15-12(18)11-10(3)16-17(5)13(11)20-6/h9,19H,7-8H2,1-6H3,(H,15,18). The topological polar surface area (TPSA) is 76.4 Å². The van der Waals surface area contributed by atoms with Crippen molar-refractivity contribution >= 4 is 5.91 Å². The molecule has 114 valence electrons. The zero-order valence-electron chi connectivity index (χ0n) is 13.1. The number of amides is 1. The number of aliphatic hydroxyl groups is 1. The van der Waals surface area contributed by atoms with Gasteiger partial charge < -0.3 is 15.2 Å². The van der Waals surface area contributed by atoms with Crippen LogP contribution in [0.3, 0.4) is 0 Å². The molecule has 2 unspecified atom stereocenters. The molecule has 2 atom stereocenters. The quantitative estimate of drug-likeness (QED) is 0.824. The monoisotopic (exact) mass is 283 g/mol. The summed E-state index contributed by atoms with van der Waals surface area (Å²) in [6.45, 7) is 7.65. The van der Waals surface area contributed by atoms with Crippen LogP contribution in [0, 0.1) is 12.8 Å². The number of ether oxygens (including phenoxy) is 1. The van der Waals surface area contributed by atoms with E-state index >= 15 is 0 Å². The summed E-state index contributed by atoms with van der Waals surface area (Å²) in [5.74, 6) is 0.235. The number of aromatic nitrogens is 2. The third-order valence-corrected chi connectivity index (χ3v) is 3.87. The van der Waals surface area contributed by atoms with Crippen molar-refractivity contribution in [2.24, 2.45) is 13.0 Å². The van der Waals surface area contributed by atoms with E-state index in [9.17, 15) is 9.90 Å². The van der Waals surface area contributed by atoms with Crippen molar-refractivity contribution in [3.05, 3.63) is 11.3 Å². The van der Waals surface area contributed by atoms with Crippen molar-refractivity contribution in [2.75, 3.05) is 13.7 Å². The molecule has 0 saturated heterocycles. The first kappa shape index (κ1) is 16.5. The van der Waals surface area contributed by atoms with E-state index in [2.05, 4.69) is 10.4 Å². The van der Waals surface area contributed by atoms with Crippen molar-refractivity contribution in [1.82, 2.24) is 15.1 Å². The van der Waals surface area contributed by atoms with Gasteiger partial charge in [-0.05, 0) is 19.8 Å². The second kappa shape index (κ2) is 6.26. The van der Waals surface area contributed by atoms with E-state index < -0.39 is 5.60 Å². The van der Waals surface area contributed by atoms with E-state index in [4.69, 9.17) is 4.74 Å². The summed E-state index contributed by atoms with van der Waals surface area (Å²) in [5.41, 5.74) is 0.0771. The minimum atomic E-state index is -0.937. The van der Waals surface area contributed by atoms with Crippen molar-refractivity contribution in [3.63, 3.8) is 0 Å². The molecule has 1 amide bonds. The molecule has 0 fully saturated rings. The molecule has 20 heavy (non-hydrogen) atoms. The van der Waals surface area contributed by atoms with Crippen LogP contribution < -0.4 is 10.1 Å². The first-order valence-corrected chi connectivity index (χ1v) is 6.82. The molecule has 0 bridgehead atoms. The summed E-state index contributed by atoms with van der Waals surface area (Å²) in [7, 11) is 3.22. The van der Waals surface area contributed by atoms with Gasteiger partial charge in [-0.25, -0.2) is 4.68 Å². The Morgan fingerprint density at radius 1 is 1.60 bits per heavy atom. The zero-order valence-corrected chi connectivity index (χ0v) is 13.1. The number of hydrogen-bond acceptors (Lipinski definition) is 4. The van der Waals surface area contributed by atoms with E-state index in [1.807, 2.05) is 13.8 Å². The highest BCUT2D eigenvalue weighted by atomic mass is 16.5. The maximum atomic E-state index is 12.3. The van der Waals surface area contributed by atoms with E-state index in [1.165, 1.54) is 11.8 Å². The molecule has 0 spiro atoms. The predicted octanol–water partition coefficient (Wildman–Crippen LogP) is 1.26. The fourth-order valence-corrected chi connectivity index (χ4v) is 2.09. The second-order valence-corrected chi connectivity index (χ2v) is 5.44. The van der Waals surface area contributed by atoms with Gasteiger partial charge in [0, 0.05) is 13.6 Å². The van der Waals surface area contributed by atoms with Gasteiger partial charge in [-0.3, -0.25) is 4.79 Å². The van der Waals surface area contributed by atoms with E-state index in [0.29, 0.717) is 17.1 Å². The molecular formula is C14H25N3O3. The molecule has 1 aromatic heterocycles. The van der Waals surface area contributed by atoms with Gasteiger partial charge in [-0.2, -0.15) is 5.10 Å². The average molecular weight is 283 g/mol. The van der Waals surface area contributed by atoms with Crippen LogP contribution in [0.4, 0.5) is 0 Å². The number of hydrogen-bond donors (Lipinski definition) is 2. The number of nitrogens with zero attached hydrogens (tertiary/aromatic N) is 2. The summed E-state index contributed by atoms with van der Waals surface area (Å²) >= 11 is 0. The van der Waals surface area contributed by atoms with Gasteiger partial charge in [0.2, 0.25) is 5.88 Å². The fraction of sp³-hybridized carbons (Fsp3) is 0.714.